The van der Waals surface area contributed by atoms with Gasteiger partial charge in [0, 0.05) is 19.0 Å². The molecule has 0 radical (unpaired) electrons. The molecular weight excluding hydrogens is 328 g/mol. The van der Waals surface area contributed by atoms with Gasteiger partial charge in [0.05, 0.1) is 17.9 Å². The summed E-state index contributed by atoms with van der Waals surface area (Å²) in [4.78, 5) is 23.9. The summed E-state index contributed by atoms with van der Waals surface area (Å²) >= 11 is 0. The highest BCUT2D eigenvalue weighted by molar-refractivity contribution is 5.89. The molecule has 0 aliphatic heterocycles. The first-order valence-electron chi connectivity index (χ1n) is 8.52. The second-order valence-corrected chi connectivity index (χ2v) is 5.98. The van der Waals surface area contributed by atoms with E-state index in [1.165, 1.54) is 0 Å². The van der Waals surface area contributed by atoms with E-state index in [2.05, 4.69) is 10.2 Å². The molecule has 3 rings (SSSR count). The van der Waals surface area contributed by atoms with E-state index in [-0.39, 0.29) is 11.8 Å². The van der Waals surface area contributed by atoms with Crippen molar-refractivity contribution in [3.8, 4) is 11.3 Å². The van der Waals surface area contributed by atoms with Gasteiger partial charge in [0.2, 0.25) is 0 Å². The zero-order chi connectivity index (χ0) is 18.4. The monoisotopic (exact) mass is 348 g/mol. The van der Waals surface area contributed by atoms with Gasteiger partial charge in [0.15, 0.2) is 0 Å². The molecule has 2 aromatic carbocycles. The summed E-state index contributed by atoms with van der Waals surface area (Å²) in [5, 5.41) is 6.85. The van der Waals surface area contributed by atoms with Gasteiger partial charge in [-0.05, 0) is 41.8 Å². The van der Waals surface area contributed by atoms with Crippen molar-refractivity contribution < 1.29 is 14.3 Å². The summed E-state index contributed by atoms with van der Waals surface area (Å²) in [6.07, 6.45) is 2.42. The third kappa shape index (κ3) is 4.45. The molecule has 1 aromatic heterocycles. The average Bonchev–Trinajstić information content (AvgIpc) is 3.18. The molecule has 0 unspecified atom stereocenters. The lowest BCUT2D eigenvalue weighted by Gasteiger charge is -2.05. The predicted molar refractivity (Wildman–Crippen MR) is 98.8 cm³/mol. The zero-order valence-corrected chi connectivity index (χ0v) is 14.6. The van der Waals surface area contributed by atoms with Crippen molar-refractivity contribution in [2.45, 2.75) is 19.8 Å². The van der Waals surface area contributed by atoms with E-state index < -0.39 is 0 Å². The van der Waals surface area contributed by atoms with Crippen molar-refractivity contribution in [3.05, 3.63) is 77.5 Å². The number of carbonyl (C=O) groups is 2. The number of H-pyrrole nitrogens is 1. The summed E-state index contributed by atoms with van der Waals surface area (Å²) < 4.78 is 4.95. The van der Waals surface area contributed by atoms with E-state index in [1.807, 2.05) is 30.3 Å². The first-order valence-corrected chi connectivity index (χ1v) is 8.52. The number of nitrogens with one attached hydrogen (secondary N) is 1. The number of carbonyl (C=O) groups excluding carboxylic acids is 2. The highest BCUT2D eigenvalue weighted by Gasteiger charge is 2.09. The minimum Gasteiger partial charge on any atom is -0.462 e. The smallest absolute Gasteiger partial charge is 0.338 e. The van der Waals surface area contributed by atoms with Crippen molar-refractivity contribution >= 4 is 11.8 Å². The van der Waals surface area contributed by atoms with Crippen LogP contribution in [-0.2, 0) is 22.4 Å². The molecule has 0 saturated heterocycles. The fraction of sp³-hybridized carbons (Fsp3) is 0.190. The van der Waals surface area contributed by atoms with Crippen molar-refractivity contribution in [1.29, 1.82) is 0 Å². The summed E-state index contributed by atoms with van der Waals surface area (Å²) in [7, 11) is 0. The van der Waals surface area contributed by atoms with Crippen LogP contribution >= 0.6 is 0 Å². The molecule has 132 valence electrons. The Kier molecular flexibility index (Phi) is 5.59. The van der Waals surface area contributed by atoms with E-state index in [9.17, 15) is 9.59 Å². The summed E-state index contributed by atoms with van der Waals surface area (Å²) in [5.74, 6) is -0.217. The lowest BCUT2D eigenvalue weighted by Crippen LogP contribution is -2.08. The maximum Gasteiger partial charge on any atom is 0.338 e. The third-order valence-corrected chi connectivity index (χ3v) is 4.03. The second-order valence-electron chi connectivity index (χ2n) is 5.98. The molecule has 0 fully saturated rings. The van der Waals surface area contributed by atoms with E-state index in [4.69, 9.17) is 4.74 Å². The second kappa shape index (κ2) is 8.25. The Morgan fingerprint density at radius 3 is 2.08 bits per heavy atom. The van der Waals surface area contributed by atoms with Gasteiger partial charge in [0.1, 0.15) is 5.78 Å². The number of rotatable bonds is 7. The van der Waals surface area contributed by atoms with Crippen molar-refractivity contribution in [2.24, 2.45) is 0 Å². The van der Waals surface area contributed by atoms with Crippen LogP contribution in [0.5, 0.6) is 0 Å². The van der Waals surface area contributed by atoms with E-state index in [1.54, 1.807) is 37.4 Å². The Balaban J connectivity index is 1.57. The molecule has 3 aromatic rings. The number of esters is 1. The Bertz CT molecular complexity index is 867. The van der Waals surface area contributed by atoms with Crippen LogP contribution in [0.15, 0.2) is 60.8 Å². The molecule has 0 aliphatic rings. The predicted octanol–water partition coefficient (Wildman–Crippen LogP) is 3.61. The molecule has 0 bridgehead atoms. The van der Waals surface area contributed by atoms with Gasteiger partial charge in [-0.1, -0.05) is 36.4 Å². The van der Waals surface area contributed by atoms with Crippen LogP contribution in [-0.4, -0.2) is 28.6 Å². The molecular formula is C21H20N2O3. The Morgan fingerprint density at radius 1 is 0.923 bits per heavy atom. The Hall–Kier alpha value is -3.21. The highest BCUT2D eigenvalue weighted by atomic mass is 16.5. The lowest BCUT2D eigenvalue weighted by atomic mass is 10.0. The standard InChI is InChI=1S/C21H20N2O3/c1-2-26-21(25)18-9-5-16(6-10-18)14-19(24)13-15-3-7-17(8-4-15)20-11-12-22-23-20/h3-12H,2,13-14H2,1H3,(H,22,23). The third-order valence-electron chi connectivity index (χ3n) is 4.03. The van der Waals surface area contributed by atoms with Crippen molar-refractivity contribution in [2.75, 3.05) is 6.61 Å². The van der Waals surface area contributed by atoms with Gasteiger partial charge in [-0.15, -0.1) is 0 Å². The molecule has 1 heterocycles. The fourth-order valence-corrected chi connectivity index (χ4v) is 2.71. The number of Topliss-reactive ketones (excluding diaryl/α,β-unsaturated/α-hetero) is 1. The molecule has 26 heavy (non-hydrogen) atoms. The molecule has 5 heteroatoms. The molecule has 1 N–H and O–H groups in total. The largest absolute Gasteiger partial charge is 0.462 e. The van der Waals surface area contributed by atoms with Crippen LogP contribution in [0, 0.1) is 0 Å². The van der Waals surface area contributed by atoms with Gasteiger partial charge in [0.25, 0.3) is 0 Å². The van der Waals surface area contributed by atoms with Gasteiger partial charge in [-0.3, -0.25) is 9.89 Å². The lowest BCUT2D eigenvalue weighted by molar-refractivity contribution is -0.117. The van der Waals surface area contributed by atoms with Crippen LogP contribution in [0.2, 0.25) is 0 Å². The quantitative estimate of drug-likeness (QED) is 0.662. The fourth-order valence-electron chi connectivity index (χ4n) is 2.71. The number of nitrogens with zero attached hydrogens (tertiary/aromatic N) is 1. The number of benzene rings is 2. The SMILES string of the molecule is CCOC(=O)c1ccc(CC(=O)Cc2ccc(-c3ccn[nH]3)cc2)cc1. The zero-order valence-electron chi connectivity index (χ0n) is 14.6. The van der Waals surface area contributed by atoms with Crippen LogP contribution in [0.4, 0.5) is 0 Å². The summed E-state index contributed by atoms with van der Waals surface area (Å²) in [6, 6.07) is 16.8. The number of ketones is 1. The van der Waals surface area contributed by atoms with Gasteiger partial charge >= 0.3 is 5.97 Å². The van der Waals surface area contributed by atoms with Crippen molar-refractivity contribution in [1.82, 2.24) is 10.2 Å². The Labute approximate surface area is 152 Å². The van der Waals surface area contributed by atoms with E-state index in [0.29, 0.717) is 25.0 Å². The number of aromatic nitrogens is 2. The van der Waals surface area contributed by atoms with Crippen LogP contribution in [0.25, 0.3) is 11.3 Å². The molecule has 0 atom stereocenters. The maximum atomic E-state index is 12.3. The minimum atomic E-state index is -0.345. The van der Waals surface area contributed by atoms with Crippen LogP contribution in [0.1, 0.15) is 28.4 Å². The van der Waals surface area contributed by atoms with Gasteiger partial charge < -0.3 is 4.74 Å². The first kappa shape index (κ1) is 17.6. The molecule has 5 nitrogen and oxygen atoms in total. The topological polar surface area (TPSA) is 72.1 Å². The summed E-state index contributed by atoms with van der Waals surface area (Å²) in [5.41, 5.74) is 4.34. The number of hydrogen-bond acceptors (Lipinski definition) is 4. The van der Waals surface area contributed by atoms with E-state index >= 15 is 0 Å². The number of aromatic amines is 1. The van der Waals surface area contributed by atoms with Gasteiger partial charge in [-0.25, -0.2) is 4.79 Å². The molecule has 0 saturated carbocycles. The Morgan fingerprint density at radius 2 is 1.54 bits per heavy atom. The summed E-state index contributed by atoms with van der Waals surface area (Å²) in [6.45, 7) is 2.12. The first-order chi connectivity index (χ1) is 12.7. The van der Waals surface area contributed by atoms with Gasteiger partial charge in [-0.2, -0.15) is 5.10 Å². The number of hydrogen-bond donors (Lipinski definition) is 1. The molecule has 0 aliphatic carbocycles. The van der Waals surface area contributed by atoms with Crippen LogP contribution in [0.3, 0.4) is 0 Å². The van der Waals surface area contributed by atoms with Crippen molar-refractivity contribution in [3.63, 3.8) is 0 Å². The van der Waals surface area contributed by atoms with E-state index in [0.717, 1.165) is 22.4 Å². The normalized spacial score (nSPS) is 10.5. The minimum absolute atomic E-state index is 0.128. The molecule has 0 amide bonds. The molecule has 0 spiro atoms. The van der Waals surface area contributed by atoms with Crippen LogP contribution < -0.4 is 0 Å². The maximum absolute atomic E-state index is 12.3. The number of ether oxygens (including phenoxy) is 1. The average molecular weight is 348 g/mol. The highest BCUT2D eigenvalue weighted by Crippen LogP contribution is 2.17.